The van der Waals surface area contributed by atoms with Crippen LogP contribution in [0.4, 0.5) is 0 Å². The molecule has 0 aromatic carbocycles. The van der Waals surface area contributed by atoms with Crippen molar-refractivity contribution in [3.05, 3.63) is 34.5 Å². The zero-order valence-corrected chi connectivity index (χ0v) is 15.3. The van der Waals surface area contributed by atoms with Gasteiger partial charge in [0.25, 0.3) is 0 Å². The number of aromatic amines is 1. The van der Waals surface area contributed by atoms with Crippen LogP contribution in [0.15, 0.2) is 11.2 Å². The molecule has 132 valence electrons. The summed E-state index contributed by atoms with van der Waals surface area (Å²) in [6.07, 6.45) is 0.541. The van der Waals surface area contributed by atoms with Crippen LogP contribution in [0.25, 0.3) is 5.82 Å². The highest BCUT2D eigenvalue weighted by atomic mass is 32.2. The molecule has 3 rings (SSSR count). The number of carboxylic acids is 1. The predicted molar refractivity (Wildman–Crippen MR) is 92.1 cm³/mol. The maximum atomic E-state index is 10.9. The highest BCUT2D eigenvalue weighted by molar-refractivity contribution is 7.99. The first-order chi connectivity index (χ1) is 11.9. The van der Waals surface area contributed by atoms with Gasteiger partial charge in [0.1, 0.15) is 11.6 Å². The summed E-state index contributed by atoms with van der Waals surface area (Å²) in [6, 6.07) is 1.92. The number of nitrogens with zero attached hydrogens (tertiary/aromatic N) is 6. The third-order valence-electron chi connectivity index (χ3n) is 3.85. The third-order valence-corrected chi connectivity index (χ3v) is 4.76. The fourth-order valence-corrected chi connectivity index (χ4v) is 3.34. The van der Waals surface area contributed by atoms with Gasteiger partial charge >= 0.3 is 5.97 Å². The maximum Gasteiger partial charge on any atom is 0.313 e. The molecular formula is C15H19N7O2S. The lowest BCUT2D eigenvalue weighted by Crippen LogP contribution is -2.10. The summed E-state index contributed by atoms with van der Waals surface area (Å²) in [7, 11) is 1.84. The first kappa shape index (κ1) is 17.2. The van der Waals surface area contributed by atoms with E-state index in [9.17, 15) is 4.79 Å². The van der Waals surface area contributed by atoms with Gasteiger partial charge in [-0.25, -0.2) is 0 Å². The van der Waals surface area contributed by atoms with E-state index in [1.807, 2.05) is 38.5 Å². The molecule has 0 unspecified atom stereocenters. The van der Waals surface area contributed by atoms with Gasteiger partial charge in [-0.3, -0.25) is 19.1 Å². The van der Waals surface area contributed by atoms with Crippen molar-refractivity contribution in [1.29, 1.82) is 0 Å². The second kappa shape index (κ2) is 6.71. The molecule has 0 aliphatic rings. The molecule has 0 atom stereocenters. The van der Waals surface area contributed by atoms with Crippen LogP contribution in [0.3, 0.4) is 0 Å². The van der Waals surface area contributed by atoms with E-state index < -0.39 is 5.97 Å². The Hall–Kier alpha value is -2.62. The minimum Gasteiger partial charge on any atom is -0.481 e. The van der Waals surface area contributed by atoms with Crippen LogP contribution >= 0.6 is 11.8 Å². The molecule has 0 amide bonds. The number of carbonyl (C=O) groups is 1. The monoisotopic (exact) mass is 361 g/mol. The van der Waals surface area contributed by atoms with Gasteiger partial charge < -0.3 is 5.11 Å². The molecule has 0 radical (unpaired) electrons. The van der Waals surface area contributed by atoms with E-state index in [1.54, 1.807) is 4.68 Å². The first-order valence-corrected chi connectivity index (χ1v) is 8.65. The SMILES string of the molecule is Cc1cc(-n2c(Cc3c(C)n[nH]c3C)nnc2SCC(=O)O)n(C)n1. The number of hydrogen-bond acceptors (Lipinski definition) is 6. The molecular weight excluding hydrogens is 342 g/mol. The van der Waals surface area contributed by atoms with Gasteiger partial charge in [-0.15, -0.1) is 10.2 Å². The molecule has 3 heterocycles. The molecule has 10 heteroatoms. The minimum absolute atomic E-state index is 0.0846. The summed E-state index contributed by atoms with van der Waals surface area (Å²) in [5, 5.41) is 29.6. The molecule has 2 N–H and O–H groups in total. The van der Waals surface area contributed by atoms with Crippen molar-refractivity contribution in [3.63, 3.8) is 0 Å². The number of rotatable bonds is 6. The Kier molecular flexibility index (Phi) is 4.62. The Bertz CT molecular complexity index is 905. The lowest BCUT2D eigenvalue weighted by atomic mass is 10.1. The lowest BCUT2D eigenvalue weighted by Gasteiger charge is -2.10. The largest absolute Gasteiger partial charge is 0.481 e. The van der Waals surface area contributed by atoms with Gasteiger partial charge in [-0.1, -0.05) is 11.8 Å². The van der Waals surface area contributed by atoms with Gasteiger partial charge in [0.15, 0.2) is 5.16 Å². The van der Waals surface area contributed by atoms with E-state index in [-0.39, 0.29) is 5.75 Å². The smallest absolute Gasteiger partial charge is 0.313 e. The van der Waals surface area contributed by atoms with Gasteiger partial charge in [-0.05, 0) is 20.8 Å². The maximum absolute atomic E-state index is 10.9. The minimum atomic E-state index is -0.899. The fraction of sp³-hybridized carbons (Fsp3) is 0.400. The van der Waals surface area contributed by atoms with E-state index in [4.69, 9.17) is 5.11 Å². The molecule has 0 spiro atoms. The molecule has 0 aliphatic carbocycles. The summed E-state index contributed by atoms with van der Waals surface area (Å²) >= 11 is 1.14. The molecule has 0 aliphatic heterocycles. The molecule has 9 nitrogen and oxygen atoms in total. The number of nitrogens with one attached hydrogen (secondary N) is 1. The van der Waals surface area contributed by atoms with Crippen molar-refractivity contribution < 1.29 is 9.90 Å². The van der Waals surface area contributed by atoms with E-state index in [0.29, 0.717) is 17.4 Å². The summed E-state index contributed by atoms with van der Waals surface area (Å²) in [5.41, 5.74) is 3.81. The summed E-state index contributed by atoms with van der Waals surface area (Å²) in [6.45, 7) is 5.81. The quantitative estimate of drug-likeness (QED) is 0.638. The molecule has 0 fully saturated rings. The molecule has 3 aromatic heterocycles. The second-order valence-electron chi connectivity index (χ2n) is 5.77. The van der Waals surface area contributed by atoms with Crippen molar-refractivity contribution in [1.82, 2.24) is 34.7 Å². The molecule has 0 bridgehead atoms. The van der Waals surface area contributed by atoms with Gasteiger partial charge in [0.2, 0.25) is 0 Å². The molecule has 0 saturated heterocycles. The van der Waals surface area contributed by atoms with Gasteiger partial charge in [-0.2, -0.15) is 10.2 Å². The van der Waals surface area contributed by atoms with Crippen molar-refractivity contribution in [2.75, 3.05) is 5.75 Å². The zero-order valence-electron chi connectivity index (χ0n) is 14.4. The Labute approximate surface area is 148 Å². The number of aryl methyl sites for hydroxylation is 4. The van der Waals surface area contributed by atoms with E-state index in [1.165, 1.54) is 0 Å². The highest BCUT2D eigenvalue weighted by Gasteiger charge is 2.20. The number of H-pyrrole nitrogens is 1. The van der Waals surface area contributed by atoms with E-state index >= 15 is 0 Å². The van der Waals surface area contributed by atoms with Crippen LogP contribution in [-0.2, 0) is 18.3 Å². The molecule has 3 aromatic rings. The van der Waals surface area contributed by atoms with Crippen molar-refractivity contribution in [2.45, 2.75) is 32.3 Å². The normalized spacial score (nSPS) is 11.2. The summed E-state index contributed by atoms with van der Waals surface area (Å²) in [5.74, 6) is 0.523. The van der Waals surface area contributed by atoms with E-state index in [2.05, 4.69) is 25.5 Å². The predicted octanol–water partition coefficient (Wildman–Crippen LogP) is 1.42. The Morgan fingerprint density at radius 1 is 1.32 bits per heavy atom. The Morgan fingerprint density at radius 2 is 2.08 bits per heavy atom. The standard InChI is InChI=1S/C15H19N7O2S/c1-8-5-13(21(4)20-8)22-12(6-11-9(2)16-17-10(11)3)18-19-15(22)25-7-14(23)24/h5H,6-7H2,1-4H3,(H,16,17)(H,23,24). The van der Waals surface area contributed by atoms with Crippen LogP contribution in [0.1, 0.15) is 28.5 Å². The highest BCUT2D eigenvalue weighted by Crippen LogP contribution is 2.24. The number of hydrogen-bond donors (Lipinski definition) is 2. The van der Waals surface area contributed by atoms with Crippen molar-refractivity contribution >= 4 is 17.7 Å². The average molecular weight is 361 g/mol. The first-order valence-electron chi connectivity index (χ1n) is 7.67. The van der Waals surface area contributed by atoms with E-state index in [0.717, 1.165) is 40.2 Å². The number of thioether (sulfide) groups is 1. The average Bonchev–Trinajstić information content (AvgIpc) is 3.18. The second-order valence-corrected chi connectivity index (χ2v) is 6.72. The van der Waals surface area contributed by atoms with Crippen LogP contribution in [0.5, 0.6) is 0 Å². The summed E-state index contributed by atoms with van der Waals surface area (Å²) in [4.78, 5) is 10.9. The molecule has 0 saturated carbocycles. The lowest BCUT2D eigenvalue weighted by molar-refractivity contribution is -0.133. The van der Waals surface area contributed by atoms with Crippen LogP contribution in [0.2, 0.25) is 0 Å². The molecule has 25 heavy (non-hydrogen) atoms. The van der Waals surface area contributed by atoms with Gasteiger partial charge in [0, 0.05) is 30.8 Å². The number of carboxylic acid groups (broad SMARTS) is 1. The van der Waals surface area contributed by atoms with Gasteiger partial charge in [0.05, 0.1) is 17.1 Å². The fourth-order valence-electron chi connectivity index (χ4n) is 2.66. The van der Waals surface area contributed by atoms with Crippen LogP contribution in [-0.4, -0.2) is 51.6 Å². The Morgan fingerprint density at radius 3 is 2.64 bits per heavy atom. The van der Waals surface area contributed by atoms with Crippen molar-refractivity contribution in [2.24, 2.45) is 7.05 Å². The zero-order chi connectivity index (χ0) is 18.1. The topological polar surface area (TPSA) is 115 Å². The number of aromatic nitrogens is 7. The number of aliphatic carboxylic acids is 1. The summed E-state index contributed by atoms with van der Waals surface area (Å²) < 4.78 is 3.60. The Balaban J connectivity index is 2.06. The van der Waals surface area contributed by atoms with Crippen molar-refractivity contribution in [3.8, 4) is 5.82 Å². The van der Waals surface area contributed by atoms with Crippen LogP contribution in [0, 0.1) is 20.8 Å². The third kappa shape index (κ3) is 3.43. The van der Waals surface area contributed by atoms with Crippen LogP contribution < -0.4 is 0 Å².